The van der Waals surface area contributed by atoms with Crippen LogP contribution in [0.4, 0.5) is 11.6 Å². The monoisotopic (exact) mass is 277 g/mol. The summed E-state index contributed by atoms with van der Waals surface area (Å²) >= 11 is 0. The molecule has 0 saturated carbocycles. The van der Waals surface area contributed by atoms with Crippen LogP contribution in [0.15, 0.2) is 12.4 Å². The van der Waals surface area contributed by atoms with Gasteiger partial charge in [0.05, 0.1) is 12.4 Å². The molecule has 5 nitrogen and oxygen atoms in total. The lowest BCUT2D eigenvalue weighted by Gasteiger charge is -2.20. The fraction of sp³-hybridized carbons (Fsp3) is 0.733. The average Bonchev–Trinajstić information content (AvgIpc) is 2.92. The first kappa shape index (κ1) is 15.0. The van der Waals surface area contributed by atoms with Crippen LogP contribution in [0.3, 0.4) is 0 Å². The summed E-state index contributed by atoms with van der Waals surface area (Å²) in [6, 6.07) is 0.654. The van der Waals surface area contributed by atoms with Gasteiger partial charge in [-0.15, -0.1) is 0 Å². The van der Waals surface area contributed by atoms with Crippen LogP contribution in [0.25, 0.3) is 0 Å². The van der Waals surface area contributed by atoms with Crippen molar-refractivity contribution < 1.29 is 0 Å². The van der Waals surface area contributed by atoms with Gasteiger partial charge in [-0.05, 0) is 39.2 Å². The van der Waals surface area contributed by atoms with Crippen LogP contribution in [0, 0.1) is 5.92 Å². The zero-order chi connectivity index (χ0) is 14.4. The Hall–Kier alpha value is -1.36. The second kappa shape index (κ2) is 7.43. The molecule has 1 fully saturated rings. The number of hydrogen-bond acceptors (Lipinski definition) is 5. The third kappa shape index (κ3) is 4.34. The molecule has 20 heavy (non-hydrogen) atoms. The number of nitrogens with zero attached hydrogens (tertiary/aromatic N) is 3. The van der Waals surface area contributed by atoms with Crippen molar-refractivity contribution in [1.82, 2.24) is 14.9 Å². The van der Waals surface area contributed by atoms with Gasteiger partial charge in [0, 0.05) is 25.7 Å². The van der Waals surface area contributed by atoms with Gasteiger partial charge in [0.25, 0.3) is 0 Å². The molecule has 0 bridgehead atoms. The van der Waals surface area contributed by atoms with Crippen molar-refractivity contribution in [2.45, 2.75) is 39.7 Å². The van der Waals surface area contributed by atoms with Gasteiger partial charge in [0.2, 0.25) is 0 Å². The van der Waals surface area contributed by atoms with Crippen LogP contribution in [0.5, 0.6) is 0 Å². The summed E-state index contributed by atoms with van der Waals surface area (Å²) in [4.78, 5) is 11.3. The number of rotatable bonds is 7. The predicted octanol–water partition coefficient (Wildman–Crippen LogP) is 2.44. The minimum Gasteiger partial charge on any atom is -0.369 e. The molecule has 112 valence electrons. The van der Waals surface area contributed by atoms with Crippen molar-refractivity contribution in [1.29, 1.82) is 0 Å². The molecule has 1 aliphatic rings. The Labute approximate surface area is 122 Å². The Morgan fingerprint density at radius 2 is 2.05 bits per heavy atom. The van der Waals surface area contributed by atoms with Crippen molar-refractivity contribution >= 4 is 11.6 Å². The van der Waals surface area contributed by atoms with Gasteiger partial charge in [0.1, 0.15) is 11.6 Å². The number of aromatic nitrogens is 2. The maximum atomic E-state index is 4.53. The maximum Gasteiger partial charge on any atom is 0.146 e. The normalized spacial score (nSPS) is 19.5. The van der Waals surface area contributed by atoms with E-state index in [-0.39, 0.29) is 0 Å². The SMILES string of the molecule is CCCNc1cncc(NCC2CCN(C(C)C)C2)n1. The summed E-state index contributed by atoms with van der Waals surface area (Å²) in [5, 5.41) is 6.69. The molecule has 0 radical (unpaired) electrons. The molecule has 2 rings (SSSR count). The zero-order valence-electron chi connectivity index (χ0n) is 12.9. The van der Waals surface area contributed by atoms with Crippen LogP contribution in [0.2, 0.25) is 0 Å². The van der Waals surface area contributed by atoms with E-state index in [0.717, 1.165) is 31.1 Å². The van der Waals surface area contributed by atoms with Crippen molar-refractivity contribution in [3.63, 3.8) is 0 Å². The molecule has 1 aliphatic heterocycles. The molecule has 1 saturated heterocycles. The summed E-state index contributed by atoms with van der Waals surface area (Å²) in [6.45, 7) is 11.0. The highest BCUT2D eigenvalue weighted by Gasteiger charge is 2.23. The van der Waals surface area contributed by atoms with Crippen LogP contribution >= 0.6 is 0 Å². The third-order valence-corrected chi connectivity index (χ3v) is 3.81. The van der Waals surface area contributed by atoms with Gasteiger partial charge in [-0.25, -0.2) is 4.98 Å². The third-order valence-electron chi connectivity index (χ3n) is 3.81. The van der Waals surface area contributed by atoms with Gasteiger partial charge in [0.15, 0.2) is 0 Å². The quantitative estimate of drug-likeness (QED) is 0.802. The van der Waals surface area contributed by atoms with Crippen molar-refractivity contribution in [3.05, 3.63) is 12.4 Å². The number of likely N-dealkylation sites (tertiary alicyclic amines) is 1. The standard InChI is InChI=1S/C15H27N5/c1-4-6-17-14-9-16-10-15(19-14)18-8-13-5-7-20(11-13)12(2)3/h9-10,12-13H,4-8,11H2,1-3H3,(H2,17,18,19). The highest BCUT2D eigenvalue weighted by Crippen LogP contribution is 2.19. The molecule has 1 aromatic heterocycles. The van der Waals surface area contributed by atoms with Gasteiger partial charge in [-0.3, -0.25) is 4.98 Å². The van der Waals surface area contributed by atoms with Crippen molar-refractivity contribution in [3.8, 4) is 0 Å². The number of nitrogens with one attached hydrogen (secondary N) is 2. The molecule has 1 aromatic rings. The minimum atomic E-state index is 0.654. The van der Waals surface area contributed by atoms with E-state index in [0.29, 0.717) is 12.0 Å². The Kier molecular flexibility index (Phi) is 5.59. The van der Waals surface area contributed by atoms with E-state index in [9.17, 15) is 0 Å². The van der Waals surface area contributed by atoms with Gasteiger partial charge in [-0.1, -0.05) is 6.92 Å². The van der Waals surface area contributed by atoms with Gasteiger partial charge in [-0.2, -0.15) is 0 Å². The van der Waals surface area contributed by atoms with E-state index < -0.39 is 0 Å². The molecular weight excluding hydrogens is 250 g/mol. The lowest BCUT2D eigenvalue weighted by Crippen LogP contribution is -2.29. The lowest BCUT2D eigenvalue weighted by atomic mass is 10.1. The summed E-state index contributed by atoms with van der Waals surface area (Å²) in [6.07, 6.45) is 5.93. The Morgan fingerprint density at radius 3 is 2.70 bits per heavy atom. The van der Waals surface area contributed by atoms with Crippen LogP contribution in [-0.2, 0) is 0 Å². The smallest absolute Gasteiger partial charge is 0.146 e. The molecule has 0 amide bonds. The summed E-state index contributed by atoms with van der Waals surface area (Å²) < 4.78 is 0. The van der Waals surface area contributed by atoms with Crippen molar-refractivity contribution in [2.24, 2.45) is 5.92 Å². The minimum absolute atomic E-state index is 0.654. The molecule has 2 heterocycles. The predicted molar refractivity (Wildman–Crippen MR) is 84.1 cm³/mol. The van der Waals surface area contributed by atoms with E-state index in [1.165, 1.54) is 19.5 Å². The molecule has 0 spiro atoms. The van der Waals surface area contributed by atoms with E-state index in [1.807, 2.05) is 0 Å². The summed E-state index contributed by atoms with van der Waals surface area (Å²) in [5.74, 6) is 2.44. The highest BCUT2D eigenvalue weighted by molar-refractivity contribution is 5.41. The fourth-order valence-corrected chi connectivity index (χ4v) is 2.54. The van der Waals surface area contributed by atoms with E-state index >= 15 is 0 Å². The Balaban J connectivity index is 1.79. The number of anilines is 2. The highest BCUT2D eigenvalue weighted by atomic mass is 15.2. The van der Waals surface area contributed by atoms with Crippen LogP contribution in [0.1, 0.15) is 33.6 Å². The lowest BCUT2D eigenvalue weighted by molar-refractivity contribution is 0.266. The number of hydrogen-bond donors (Lipinski definition) is 2. The Bertz CT molecular complexity index is 407. The maximum absolute atomic E-state index is 4.53. The fourth-order valence-electron chi connectivity index (χ4n) is 2.54. The second-order valence-electron chi connectivity index (χ2n) is 5.84. The Morgan fingerprint density at radius 1 is 1.30 bits per heavy atom. The van der Waals surface area contributed by atoms with Gasteiger partial charge >= 0.3 is 0 Å². The van der Waals surface area contributed by atoms with Crippen LogP contribution in [-0.4, -0.2) is 47.1 Å². The molecule has 0 aromatic carbocycles. The molecule has 2 N–H and O–H groups in total. The topological polar surface area (TPSA) is 53.1 Å². The molecular formula is C15H27N5. The van der Waals surface area contributed by atoms with Crippen molar-refractivity contribution in [2.75, 3.05) is 36.8 Å². The first-order valence-electron chi connectivity index (χ1n) is 7.73. The molecule has 5 heteroatoms. The molecule has 0 aliphatic carbocycles. The second-order valence-corrected chi connectivity index (χ2v) is 5.84. The summed E-state index contributed by atoms with van der Waals surface area (Å²) in [7, 11) is 0. The van der Waals surface area contributed by atoms with E-state index in [4.69, 9.17) is 0 Å². The first-order valence-corrected chi connectivity index (χ1v) is 7.73. The van der Waals surface area contributed by atoms with E-state index in [1.54, 1.807) is 12.4 Å². The summed E-state index contributed by atoms with van der Waals surface area (Å²) in [5.41, 5.74) is 0. The van der Waals surface area contributed by atoms with E-state index in [2.05, 4.69) is 46.3 Å². The molecule has 1 atom stereocenters. The molecule has 1 unspecified atom stereocenters. The van der Waals surface area contributed by atoms with Gasteiger partial charge < -0.3 is 15.5 Å². The first-order chi connectivity index (χ1) is 9.69. The van der Waals surface area contributed by atoms with Crippen LogP contribution < -0.4 is 10.6 Å². The average molecular weight is 277 g/mol. The largest absolute Gasteiger partial charge is 0.369 e. The zero-order valence-corrected chi connectivity index (χ0v) is 12.9.